The number of amides is 1. The van der Waals surface area contributed by atoms with Crippen LogP contribution >= 0.6 is 0 Å². The highest BCUT2D eigenvalue weighted by Crippen LogP contribution is 2.68. The fraction of sp³-hybridized carbons (Fsp3) is 0.944. The van der Waals surface area contributed by atoms with Gasteiger partial charge in [0.05, 0.1) is 12.2 Å². The van der Waals surface area contributed by atoms with Crippen molar-refractivity contribution in [2.24, 2.45) is 22.7 Å². The molecule has 21 heavy (non-hydrogen) atoms. The van der Waals surface area contributed by atoms with Crippen LogP contribution in [0.1, 0.15) is 67.7 Å². The van der Waals surface area contributed by atoms with Gasteiger partial charge in [-0.05, 0) is 35.5 Å². The number of nitrogens with zero attached hydrogens (tertiary/aromatic N) is 1. The zero-order chi connectivity index (χ0) is 16.0. The maximum atomic E-state index is 12.7. The van der Waals surface area contributed by atoms with Crippen LogP contribution in [0.5, 0.6) is 0 Å². The highest BCUT2D eigenvalue weighted by Gasteiger charge is 2.65. The van der Waals surface area contributed by atoms with E-state index in [4.69, 9.17) is 0 Å². The molecule has 0 radical (unpaired) electrons. The Labute approximate surface area is 130 Å². The maximum Gasteiger partial charge on any atom is 0.241 e. The van der Waals surface area contributed by atoms with Crippen LogP contribution in [0.2, 0.25) is 0 Å². The van der Waals surface area contributed by atoms with Gasteiger partial charge in [-0.15, -0.1) is 0 Å². The molecule has 2 unspecified atom stereocenters. The molecule has 2 atom stereocenters. The predicted molar refractivity (Wildman–Crippen MR) is 87.8 cm³/mol. The minimum Gasteiger partial charge on any atom is -0.325 e. The van der Waals surface area contributed by atoms with Crippen molar-refractivity contribution in [2.75, 3.05) is 6.54 Å². The van der Waals surface area contributed by atoms with Crippen molar-refractivity contribution in [1.29, 1.82) is 0 Å². The van der Waals surface area contributed by atoms with E-state index < -0.39 is 0 Å². The van der Waals surface area contributed by atoms with E-state index in [1.54, 1.807) is 0 Å². The number of rotatable bonds is 6. The van der Waals surface area contributed by atoms with Gasteiger partial charge in [0.1, 0.15) is 0 Å². The summed E-state index contributed by atoms with van der Waals surface area (Å²) >= 11 is 0. The second kappa shape index (κ2) is 5.57. The van der Waals surface area contributed by atoms with Gasteiger partial charge in [-0.3, -0.25) is 10.1 Å². The Morgan fingerprint density at radius 1 is 1.19 bits per heavy atom. The van der Waals surface area contributed by atoms with E-state index in [-0.39, 0.29) is 12.2 Å². The molecule has 2 fully saturated rings. The standard InChI is InChI=1S/C18H34N2O/c1-8-9-13-16(21)20(15(19-13)10-12(2)3)11-14-17(4,5)18(14,6)7/h12-15,19H,8-11H2,1-7H3. The molecule has 122 valence electrons. The van der Waals surface area contributed by atoms with Gasteiger partial charge in [0.25, 0.3) is 0 Å². The van der Waals surface area contributed by atoms with Crippen molar-refractivity contribution < 1.29 is 4.79 Å². The molecular weight excluding hydrogens is 260 g/mol. The summed E-state index contributed by atoms with van der Waals surface area (Å²) in [7, 11) is 0. The normalized spacial score (nSPS) is 31.2. The summed E-state index contributed by atoms with van der Waals surface area (Å²) in [6.45, 7) is 16.9. The molecule has 3 nitrogen and oxygen atoms in total. The average Bonchev–Trinajstić information content (AvgIpc) is 2.60. The Bertz CT molecular complexity index is 386. The first-order valence-corrected chi connectivity index (χ1v) is 8.69. The Hall–Kier alpha value is -0.570. The van der Waals surface area contributed by atoms with Gasteiger partial charge < -0.3 is 4.90 Å². The summed E-state index contributed by atoms with van der Waals surface area (Å²) in [5, 5.41) is 3.59. The molecule has 0 aromatic rings. The van der Waals surface area contributed by atoms with E-state index in [0.29, 0.717) is 28.6 Å². The van der Waals surface area contributed by atoms with Gasteiger partial charge in [-0.1, -0.05) is 54.9 Å². The number of carbonyl (C=O) groups excluding carboxylic acids is 1. The van der Waals surface area contributed by atoms with Gasteiger partial charge in [-0.25, -0.2) is 0 Å². The van der Waals surface area contributed by atoms with Crippen LogP contribution < -0.4 is 5.32 Å². The second-order valence-electron chi connectivity index (χ2n) is 8.64. The Morgan fingerprint density at radius 2 is 1.76 bits per heavy atom. The van der Waals surface area contributed by atoms with E-state index >= 15 is 0 Å². The number of hydrogen-bond acceptors (Lipinski definition) is 2. The molecule has 3 heteroatoms. The van der Waals surface area contributed by atoms with Crippen molar-refractivity contribution in [2.45, 2.75) is 79.9 Å². The van der Waals surface area contributed by atoms with Crippen LogP contribution in [0.4, 0.5) is 0 Å². The molecule has 0 spiro atoms. The van der Waals surface area contributed by atoms with E-state index in [1.807, 2.05) is 0 Å². The lowest BCUT2D eigenvalue weighted by molar-refractivity contribution is -0.130. The lowest BCUT2D eigenvalue weighted by Crippen LogP contribution is -2.40. The van der Waals surface area contributed by atoms with E-state index in [0.717, 1.165) is 25.8 Å². The summed E-state index contributed by atoms with van der Waals surface area (Å²) in [4.78, 5) is 14.9. The summed E-state index contributed by atoms with van der Waals surface area (Å²) in [5.74, 6) is 1.56. The smallest absolute Gasteiger partial charge is 0.241 e. The molecule has 0 aromatic heterocycles. The number of carbonyl (C=O) groups is 1. The second-order valence-corrected chi connectivity index (χ2v) is 8.64. The van der Waals surface area contributed by atoms with Crippen molar-refractivity contribution >= 4 is 5.91 Å². The largest absolute Gasteiger partial charge is 0.325 e. The van der Waals surface area contributed by atoms with Gasteiger partial charge in [-0.2, -0.15) is 0 Å². The molecule has 1 heterocycles. The van der Waals surface area contributed by atoms with Crippen LogP contribution in [0.15, 0.2) is 0 Å². The topological polar surface area (TPSA) is 32.3 Å². The third-order valence-corrected chi connectivity index (χ3v) is 6.32. The molecule has 0 aromatic carbocycles. The molecule has 2 rings (SSSR count). The van der Waals surface area contributed by atoms with Gasteiger partial charge in [0, 0.05) is 6.54 Å². The first kappa shape index (κ1) is 16.8. The third kappa shape index (κ3) is 2.86. The minimum atomic E-state index is 0.0451. The van der Waals surface area contributed by atoms with E-state index in [2.05, 4.69) is 58.7 Å². The molecule has 1 saturated carbocycles. The highest BCUT2D eigenvalue weighted by atomic mass is 16.2. The van der Waals surface area contributed by atoms with Gasteiger partial charge in [0.2, 0.25) is 5.91 Å². The lowest BCUT2D eigenvalue weighted by Gasteiger charge is -2.26. The van der Waals surface area contributed by atoms with Crippen LogP contribution in [0, 0.1) is 22.7 Å². The predicted octanol–water partition coefficient (Wildman–Crippen LogP) is 3.64. The third-order valence-electron chi connectivity index (χ3n) is 6.32. The number of nitrogens with one attached hydrogen (secondary N) is 1. The zero-order valence-electron chi connectivity index (χ0n) is 15.0. The molecule has 1 N–H and O–H groups in total. The summed E-state index contributed by atoms with van der Waals surface area (Å²) in [6, 6.07) is 0.0451. The molecule has 1 aliphatic heterocycles. The summed E-state index contributed by atoms with van der Waals surface area (Å²) in [6.07, 6.45) is 3.31. The Kier molecular flexibility index (Phi) is 4.45. The first-order chi connectivity index (χ1) is 9.62. The quantitative estimate of drug-likeness (QED) is 0.811. The Morgan fingerprint density at radius 3 is 2.19 bits per heavy atom. The Balaban J connectivity index is 2.09. The molecule has 1 amide bonds. The minimum absolute atomic E-state index is 0.0451. The van der Waals surface area contributed by atoms with Crippen LogP contribution in [-0.4, -0.2) is 29.6 Å². The molecule has 1 saturated heterocycles. The fourth-order valence-electron chi connectivity index (χ4n) is 4.09. The first-order valence-electron chi connectivity index (χ1n) is 8.69. The van der Waals surface area contributed by atoms with Crippen LogP contribution in [0.25, 0.3) is 0 Å². The summed E-state index contributed by atoms with van der Waals surface area (Å²) in [5.41, 5.74) is 0.691. The zero-order valence-corrected chi connectivity index (χ0v) is 15.0. The highest BCUT2D eigenvalue weighted by molar-refractivity contribution is 5.84. The van der Waals surface area contributed by atoms with E-state index in [1.165, 1.54) is 0 Å². The van der Waals surface area contributed by atoms with Crippen molar-refractivity contribution in [3.8, 4) is 0 Å². The fourth-order valence-corrected chi connectivity index (χ4v) is 4.09. The molecule has 0 bridgehead atoms. The van der Waals surface area contributed by atoms with Crippen LogP contribution in [-0.2, 0) is 4.79 Å². The van der Waals surface area contributed by atoms with Crippen molar-refractivity contribution in [3.05, 3.63) is 0 Å². The molecule has 1 aliphatic carbocycles. The van der Waals surface area contributed by atoms with E-state index in [9.17, 15) is 4.79 Å². The molecule has 2 aliphatic rings. The maximum absolute atomic E-state index is 12.7. The van der Waals surface area contributed by atoms with Crippen molar-refractivity contribution in [1.82, 2.24) is 10.2 Å². The monoisotopic (exact) mass is 294 g/mol. The lowest BCUT2D eigenvalue weighted by atomic mass is 10.0. The SMILES string of the molecule is CCCC1NC(CC(C)C)N(CC2C(C)(C)C2(C)C)C1=O. The summed E-state index contributed by atoms with van der Waals surface area (Å²) < 4.78 is 0. The van der Waals surface area contributed by atoms with Gasteiger partial charge >= 0.3 is 0 Å². The molecular formula is C18H34N2O. The van der Waals surface area contributed by atoms with Crippen LogP contribution in [0.3, 0.4) is 0 Å². The van der Waals surface area contributed by atoms with Gasteiger partial charge in [0.15, 0.2) is 0 Å². The van der Waals surface area contributed by atoms with Crippen molar-refractivity contribution in [3.63, 3.8) is 0 Å². The number of hydrogen-bond donors (Lipinski definition) is 1. The average molecular weight is 294 g/mol.